The number of hydrogen-bond donors (Lipinski definition) is 0. The summed E-state index contributed by atoms with van der Waals surface area (Å²) in [6.45, 7) is 0.204. The summed E-state index contributed by atoms with van der Waals surface area (Å²) in [7, 11) is 1.51. The Morgan fingerprint density at radius 2 is 2.07 bits per heavy atom. The van der Waals surface area contributed by atoms with Crippen molar-refractivity contribution in [3.8, 4) is 5.75 Å². The molecule has 0 bridgehead atoms. The summed E-state index contributed by atoms with van der Waals surface area (Å²) in [5, 5.41) is 15.4. The van der Waals surface area contributed by atoms with Gasteiger partial charge < -0.3 is 9.15 Å². The molecule has 27 heavy (non-hydrogen) atoms. The molecule has 3 aromatic rings. The zero-order valence-electron chi connectivity index (χ0n) is 14.2. The summed E-state index contributed by atoms with van der Waals surface area (Å²) >= 11 is 5.81. The predicted octanol–water partition coefficient (Wildman–Crippen LogP) is 4.05. The molecule has 0 amide bonds. The molecular weight excluding hydrogens is 374 g/mol. The average Bonchev–Trinajstić information content (AvgIpc) is 3.26. The predicted molar refractivity (Wildman–Crippen MR) is 97.7 cm³/mol. The van der Waals surface area contributed by atoms with Gasteiger partial charge in [0.1, 0.15) is 30.1 Å². The van der Waals surface area contributed by atoms with Crippen LogP contribution in [0.3, 0.4) is 0 Å². The van der Waals surface area contributed by atoms with Crippen LogP contribution in [0.4, 0.5) is 5.69 Å². The first-order valence-electron chi connectivity index (χ1n) is 7.80. The highest BCUT2D eigenvalue weighted by Crippen LogP contribution is 2.19. The number of aromatic nitrogens is 2. The topological polar surface area (TPSA) is 100 Å². The average molecular weight is 388 g/mol. The lowest BCUT2D eigenvalue weighted by atomic mass is 10.2. The fraction of sp³-hybridized carbons (Fsp3) is 0.111. The van der Waals surface area contributed by atoms with Gasteiger partial charge in [-0.15, -0.1) is 0 Å². The summed E-state index contributed by atoms with van der Waals surface area (Å²) in [4.78, 5) is 22.5. The van der Waals surface area contributed by atoms with Crippen LogP contribution in [0.5, 0.6) is 5.75 Å². The lowest BCUT2D eigenvalue weighted by Gasteiger charge is -2.03. The number of ether oxygens (including phenoxy) is 1. The normalized spacial score (nSPS) is 11.0. The van der Waals surface area contributed by atoms with Crippen LogP contribution in [0.15, 0.2) is 53.1 Å². The number of aryl methyl sites for hydroxylation is 1. The van der Waals surface area contributed by atoms with Crippen molar-refractivity contribution in [3.63, 3.8) is 0 Å². The molecule has 0 aliphatic carbocycles. The molecule has 0 spiro atoms. The summed E-state index contributed by atoms with van der Waals surface area (Å²) < 4.78 is 12.3. The molecule has 0 saturated heterocycles. The number of allylic oxidation sites excluding steroid dienone is 1. The second-order valence-corrected chi connectivity index (χ2v) is 5.97. The largest absolute Gasteiger partial charge is 0.486 e. The highest BCUT2D eigenvalue weighted by Gasteiger charge is 2.23. The van der Waals surface area contributed by atoms with E-state index in [0.29, 0.717) is 22.3 Å². The molecule has 1 aromatic carbocycles. The van der Waals surface area contributed by atoms with Gasteiger partial charge in [-0.05, 0) is 48.6 Å². The standard InChI is InChI=1S/C18H14ClN3O5/c1-21-10-16(22(24)25)18(20-21)17(23)9-8-14-6-7-15(27-14)11-26-13-4-2-12(19)3-5-13/h2-10H,11H2,1H3/b9-8+. The minimum Gasteiger partial charge on any atom is -0.486 e. The van der Waals surface area contributed by atoms with Crippen LogP contribution in [0.25, 0.3) is 6.08 Å². The second-order valence-electron chi connectivity index (χ2n) is 5.54. The minimum atomic E-state index is -0.646. The van der Waals surface area contributed by atoms with Crippen molar-refractivity contribution >= 4 is 29.1 Å². The van der Waals surface area contributed by atoms with Gasteiger partial charge in [0.15, 0.2) is 0 Å². The minimum absolute atomic E-state index is 0.204. The molecule has 0 unspecified atom stereocenters. The summed E-state index contributed by atoms with van der Waals surface area (Å²) in [6, 6.07) is 10.3. The Hall–Kier alpha value is -3.39. The second kappa shape index (κ2) is 7.88. The molecule has 0 atom stereocenters. The molecule has 3 rings (SSSR count). The van der Waals surface area contributed by atoms with E-state index in [1.54, 1.807) is 36.4 Å². The molecule has 0 aliphatic rings. The number of carbonyl (C=O) groups is 1. The molecule has 8 nitrogen and oxygen atoms in total. The first-order valence-corrected chi connectivity index (χ1v) is 8.17. The number of rotatable bonds is 7. The number of nitro groups is 1. The van der Waals surface area contributed by atoms with Crippen LogP contribution in [0, 0.1) is 10.1 Å². The van der Waals surface area contributed by atoms with Gasteiger partial charge in [0.05, 0.1) is 4.92 Å². The lowest BCUT2D eigenvalue weighted by molar-refractivity contribution is -0.385. The molecule has 9 heteroatoms. The molecule has 138 valence electrons. The van der Waals surface area contributed by atoms with Crippen molar-refractivity contribution in [2.24, 2.45) is 7.05 Å². The van der Waals surface area contributed by atoms with E-state index in [2.05, 4.69) is 5.10 Å². The Bertz CT molecular complexity index is 1000. The van der Waals surface area contributed by atoms with Gasteiger partial charge in [0.2, 0.25) is 11.5 Å². The molecule has 0 radical (unpaired) electrons. The van der Waals surface area contributed by atoms with E-state index in [1.165, 1.54) is 30.1 Å². The number of hydrogen-bond acceptors (Lipinski definition) is 6. The zero-order chi connectivity index (χ0) is 19.4. The fourth-order valence-electron chi connectivity index (χ4n) is 2.27. The molecule has 0 aliphatic heterocycles. The van der Waals surface area contributed by atoms with Crippen LogP contribution in [0.1, 0.15) is 22.0 Å². The van der Waals surface area contributed by atoms with Crippen molar-refractivity contribution in [2.45, 2.75) is 6.61 Å². The smallest absolute Gasteiger partial charge is 0.318 e. The third-order valence-electron chi connectivity index (χ3n) is 3.52. The number of halogens is 1. The van der Waals surface area contributed by atoms with Crippen molar-refractivity contribution in [1.82, 2.24) is 9.78 Å². The van der Waals surface area contributed by atoms with Gasteiger partial charge in [-0.1, -0.05) is 11.6 Å². The van der Waals surface area contributed by atoms with Crippen molar-refractivity contribution in [1.29, 1.82) is 0 Å². The lowest BCUT2D eigenvalue weighted by Crippen LogP contribution is -2.00. The van der Waals surface area contributed by atoms with Gasteiger partial charge in [-0.2, -0.15) is 5.10 Å². The quantitative estimate of drug-likeness (QED) is 0.262. The first kappa shape index (κ1) is 18.4. The number of nitrogens with zero attached hydrogens (tertiary/aromatic N) is 3. The van der Waals surface area contributed by atoms with E-state index in [4.69, 9.17) is 20.8 Å². The van der Waals surface area contributed by atoms with Gasteiger partial charge in [-0.3, -0.25) is 19.6 Å². The summed E-state index contributed by atoms with van der Waals surface area (Å²) in [6.07, 6.45) is 3.78. The Morgan fingerprint density at radius 3 is 2.78 bits per heavy atom. The fourth-order valence-corrected chi connectivity index (χ4v) is 2.39. The van der Waals surface area contributed by atoms with Gasteiger partial charge >= 0.3 is 5.69 Å². The molecule has 0 fully saturated rings. The number of carbonyl (C=O) groups excluding carboxylic acids is 1. The summed E-state index contributed by atoms with van der Waals surface area (Å²) in [5.74, 6) is 1.03. The third-order valence-corrected chi connectivity index (χ3v) is 3.77. The molecule has 2 aromatic heterocycles. The van der Waals surface area contributed by atoms with Crippen LogP contribution in [-0.4, -0.2) is 20.5 Å². The van der Waals surface area contributed by atoms with Crippen molar-refractivity contribution in [3.05, 3.63) is 81.0 Å². The zero-order valence-corrected chi connectivity index (χ0v) is 14.9. The van der Waals surface area contributed by atoms with Crippen molar-refractivity contribution in [2.75, 3.05) is 0 Å². The van der Waals surface area contributed by atoms with E-state index in [-0.39, 0.29) is 18.0 Å². The van der Waals surface area contributed by atoms with E-state index in [9.17, 15) is 14.9 Å². The van der Waals surface area contributed by atoms with Crippen LogP contribution in [-0.2, 0) is 13.7 Å². The molecule has 2 heterocycles. The van der Waals surface area contributed by atoms with E-state index in [0.717, 1.165) is 0 Å². The number of benzene rings is 1. The Morgan fingerprint density at radius 1 is 1.33 bits per heavy atom. The van der Waals surface area contributed by atoms with Crippen LogP contribution in [0.2, 0.25) is 5.02 Å². The molecule has 0 saturated carbocycles. The Kier molecular flexibility index (Phi) is 5.37. The van der Waals surface area contributed by atoms with E-state index >= 15 is 0 Å². The molecule has 0 N–H and O–H groups in total. The third kappa shape index (κ3) is 4.62. The maximum absolute atomic E-state index is 12.2. The number of ketones is 1. The van der Waals surface area contributed by atoms with Gasteiger partial charge in [-0.25, -0.2) is 0 Å². The Balaban J connectivity index is 1.64. The highest BCUT2D eigenvalue weighted by atomic mass is 35.5. The van der Waals surface area contributed by atoms with Gasteiger partial charge in [0, 0.05) is 12.1 Å². The Labute approximate surface area is 158 Å². The maximum atomic E-state index is 12.2. The van der Waals surface area contributed by atoms with E-state index in [1.807, 2.05) is 0 Å². The first-order chi connectivity index (χ1) is 12.9. The van der Waals surface area contributed by atoms with E-state index < -0.39 is 10.7 Å². The van der Waals surface area contributed by atoms with Crippen LogP contribution >= 0.6 is 11.6 Å². The van der Waals surface area contributed by atoms with Crippen molar-refractivity contribution < 1.29 is 18.9 Å². The maximum Gasteiger partial charge on any atom is 0.318 e. The molecular formula is C18H14ClN3O5. The highest BCUT2D eigenvalue weighted by molar-refractivity contribution is 6.30. The summed E-state index contributed by atoms with van der Waals surface area (Å²) in [5.41, 5.74) is -0.569. The van der Waals surface area contributed by atoms with Crippen LogP contribution < -0.4 is 4.74 Å². The monoisotopic (exact) mass is 387 g/mol. The SMILES string of the molecule is Cn1cc([N+](=O)[O-])c(C(=O)/C=C/c2ccc(COc3ccc(Cl)cc3)o2)n1. The number of furan rings is 1. The van der Waals surface area contributed by atoms with Gasteiger partial charge in [0.25, 0.3) is 0 Å².